The smallest absolute Gasteiger partial charge is 0.123 e. The number of phenols is 1. The molecule has 2 aromatic rings. The molecule has 0 amide bonds. The Bertz CT molecular complexity index is 723. The van der Waals surface area contributed by atoms with Crippen LogP contribution in [0.1, 0.15) is 24.0 Å². The number of fused-ring (bicyclic) bond motifs is 1. The van der Waals surface area contributed by atoms with E-state index in [9.17, 15) is 5.11 Å². The standard InChI is InChI=1S/C21H24ClNO2/c22-18-3-1-15(2-4-18)11-16-7-9-23(10-8-16)14-20-13-17-12-19(24)5-6-21(17)25-20/h1-6,12,16,20,24H,7-11,13-14H2/t20-/m0/s1. The van der Waals surface area contributed by atoms with Gasteiger partial charge in [0.2, 0.25) is 0 Å². The molecule has 2 aromatic carbocycles. The lowest BCUT2D eigenvalue weighted by molar-refractivity contribution is 0.117. The Morgan fingerprint density at radius 2 is 1.84 bits per heavy atom. The second kappa shape index (κ2) is 7.27. The molecule has 2 aliphatic rings. The van der Waals surface area contributed by atoms with E-state index in [1.807, 2.05) is 24.3 Å². The zero-order valence-corrected chi connectivity index (χ0v) is 15.1. The van der Waals surface area contributed by atoms with E-state index in [-0.39, 0.29) is 6.10 Å². The van der Waals surface area contributed by atoms with E-state index in [1.54, 1.807) is 6.07 Å². The zero-order chi connectivity index (χ0) is 17.2. The van der Waals surface area contributed by atoms with Crippen molar-refractivity contribution in [2.24, 2.45) is 5.92 Å². The zero-order valence-electron chi connectivity index (χ0n) is 14.3. The predicted molar refractivity (Wildman–Crippen MR) is 101 cm³/mol. The number of hydrogen-bond donors (Lipinski definition) is 1. The summed E-state index contributed by atoms with van der Waals surface area (Å²) in [4.78, 5) is 2.52. The van der Waals surface area contributed by atoms with Crippen molar-refractivity contribution in [3.8, 4) is 11.5 Å². The van der Waals surface area contributed by atoms with Crippen molar-refractivity contribution in [1.82, 2.24) is 4.90 Å². The van der Waals surface area contributed by atoms with E-state index in [0.29, 0.717) is 5.75 Å². The average Bonchev–Trinajstić information content (AvgIpc) is 3.00. The van der Waals surface area contributed by atoms with E-state index in [1.165, 1.54) is 18.4 Å². The molecular weight excluding hydrogens is 334 g/mol. The maximum Gasteiger partial charge on any atom is 0.123 e. The Kier molecular flexibility index (Phi) is 4.87. The molecule has 2 heterocycles. The summed E-state index contributed by atoms with van der Waals surface area (Å²) >= 11 is 5.96. The lowest BCUT2D eigenvalue weighted by Gasteiger charge is -2.33. The number of phenolic OH excluding ortho intramolecular Hbond substituents is 1. The van der Waals surface area contributed by atoms with Gasteiger partial charge in [0.1, 0.15) is 17.6 Å². The first-order valence-corrected chi connectivity index (χ1v) is 9.49. The molecule has 0 unspecified atom stereocenters. The van der Waals surface area contributed by atoms with E-state index < -0.39 is 0 Å². The van der Waals surface area contributed by atoms with E-state index in [0.717, 1.165) is 54.7 Å². The van der Waals surface area contributed by atoms with Gasteiger partial charge >= 0.3 is 0 Å². The van der Waals surface area contributed by atoms with Crippen molar-refractivity contribution in [1.29, 1.82) is 0 Å². The minimum Gasteiger partial charge on any atom is -0.508 e. The summed E-state index contributed by atoms with van der Waals surface area (Å²) in [5.74, 6) is 2.02. The Labute approximate surface area is 154 Å². The van der Waals surface area contributed by atoms with Crippen LogP contribution in [0.5, 0.6) is 11.5 Å². The number of hydrogen-bond acceptors (Lipinski definition) is 3. The molecule has 2 aliphatic heterocycles. The average molecular weight is 358 g/mol. The number of aromatic hydroxyl groups is 1. The van der Waals surface area contributed by atoms with Crippen LogP contribution in [0.4, 0.5) is 0 Å². The predicted octanol–water partition coefficient (Wildman–Crippen LogP) is 4.30. The van der Waals surface area contributed by atoms with Gasteiger partial charge in [-0.3, -0.25) is 4.90 Å². The third-order valence-electron chi connectivity index (χ3n) is 5.39. The molecule has 4 heteroatoms. The normalized spacial score (nSPS) is 21.1. The van der Waals surface area contributed by atoms with E-state index in [4.69, 9.17) is 16.3 Å². The summed E-state index contributed by atoms with van der Waals surface area (Å²) in [6, 6.07) is 13.7. The van der Waals surface area contributed by atoms with Gasteiger partial charge in [0, 0.05) is 23.6 Å². The molecule has 1 atom stereocenters. The van der Waals surface area contributed by atoms with Crippen molar-refractivity contribution in [2.45, 2.75) is 31.8 Å². The molecule has 3 nitrogen and oxygen atoms in total. The molecule has 1 saturated heterocycles. The van der Waals surface area contributed by atoms with Gasteiger partial charge in [0.25, 0.3) is 0 Å². The van der Waals surface area contributed by atoms with E-state index in [2.05, 4.69) is 17.0 Å². The molecule has 0 aliphatic carbocycles. The second-order valence-corrected chi connectivity index (χ2v) is 7.75. The Balaban J connectivity index is 1.25. The highest BCUT2D eigenvalue weighted by molar-refractivity contribution is 6.30. The summed E-state index contributed by atoms with van der Waals surface area (Å²) in [6.45, 7) is 3.25. The van der Waals surface area contributed by atoms with Crippen molar-refractivity contribution < 1.29 is 9.84 Å². The highest BCUT2D eigenvalue weighted by atomic mass is 35.5. The van der Waals surface area contributed by atoms with Crippen LogP contribution in [0.2, 0.25) is 5.02 Å². The Morgan fingerprint density at radius 3 is 2.60 bits per heavy atom. The van der Waals surface area contributed by atoms with Crippen LogP contribution in [0.15, 0.2) is 42.5 Å². The number of nitrogens with zero attached hydrogens (tertiary/aromatic N) is 1. The molecule has 132 valence electrons. The van der Waals surface area contributed by atoms with Crippen LogP contribution in [0.3, 0.4) is 0 Å². The molecule has 25 heavy (non-hydrogen) atoms. The molecule has 4 rings (SSSR count). The molecular formula is C21H24ClNO2. The molecule has 1 N–H and O–H groups in total. The third kappa shape index (κ3) is 4.10. The molecule has 0 bridgehead atoms. The number of benzene rings is 2. The second-order valence-electron chi connectivity index (χ2n) is 7.31. The monoisotopic (exact) mass is 357 g/mol. The van der Waals surface area contributed by atoms with Crippen molar-refractivity contribution >= 4 is 11.6 Å². The third-order valence-corrected chi connectivity index (χ3v) is 5.64. The topological polar surface area (TPSA) is 32.7 Å². The highest BCUT2D eigenvalue weighted by Gasteiger charge is 2.27. The first kappa shape index (κ1) is 16.7. The number of halogens is 1. The maximum absolute atomic E-state index is 9.60. The summed E-state index contributed by atoms with van der Waals surface area (Å²) in [6.07, 6.45) is 4.74. The first-order valence-electron chi connectivity index (χ1n) is 9.11. The number of piperidine rings is 1. The Hall–Kier alpha value is -1.71. The van der Waals surface area contributed by atoms with Gasteiger partial charge in [-0.05, 0) is 74.2 Å². The minimum absolute atomic E-state index is 0.213. The van der Waals surface area contributed by atoms with Crippen molar-refractivity contribution in [2.75, 3.05) is 19.6 Å². The number of ether oxygens (including phenoxy) is 1. The fourth-order valence-electron chi connectivity index (χ4n) is 4.02. The van der Waals surface area contributed by atoms with Gasteiger partial charge in [-0.25, -0.2) is 0 Å². The number of rotatable bonds is 4. The van der Waals surface area contributed by atoms with Crippen LogP contribution < -0.4 is 4.74 Å². The molecule has 0 radical (unpaired) electrons. The van der Waals surface area contributed by atoms with Crippen molar-refractivity contribution in [3.05, 3.63) is 58.6 Å². The lowest BCUT2D eigenvalue weighted by Crippen LogP contribution is -2.40. The van der Waals surface area contributed by atoms with E-state index >= 15 is 0 Å². The maximum atomic E-state index is 9.60. The summed E-state index contributed by atoms with van der Waals surface area (Å²) in [5, 5.41) is 10.4. The summed E-state index contributed by atoms with van der Waals surface area (Å²) < 4.78 is 6.03. The molecule has 0 spiro atoms. The minimum atomic E-state index is 0.213. The van der Waals surface area contributed by atoms with Gasteiger partial charge < -0.3 is 9.84 Å². The fraction of sp³-hybridized carbons (Fsp3) is 0.429. The van der Waals surface area contributed by atoms with Crippen LogP contribution in [0, 0.1) is 5.92 Å². The quantitative estimate of drug-likeness (QED) is 0.885. The molecule has 0 saturated carbocycles. The van der Waals surface area contributed by atoms with Crippen LogP contribution >= 0.6 is 11.6 Å². The molecule has 1 fully saturated rings. The van der Waals surface area contributed by atoms with Gasteiger partial charge in [-0.15, -0.1) is 0 Å². The van der Waals surface area contributed by atoms with Crippen LogP contribution in [0.25, 0.3) is 0 Å². The van der Waals surface area contributed by atoms with Gasteiger partial charge in [-0.2, -0.15) is 0 Å². The van der Waals surface area contributed by atoms with Gasteiger partial charge in [0.15, 0.2) is 0 Å². The van der Waals surface area contributed by atoms with Crippen molar-refractivity contribution in [3.63, 3.8) is 0 Å². The van der Waals surface area contributed by atoms with Crippen LogP contribution in [-0.4, -0.2) is 35.7 Å². The van der Waals surface area contributed by atoms with Gasteiger partial charge in [0.05, 0.1) is 0 Å². The highest BCUT2D eigenvalue weighted by Crippen LogP contribution is 2.32. The summed E-state index contributed by atoms with van der Waals surface area (Å²) in [5.41, 5.74) is 2.51. The fourth-order valence-corrected chi connectivity index (χ4v) is 4.15. The SMILES string of the molecule is Oc1ccc2c(c1)C[C@@H](CN1CCC(Cc3ccc(Cl)cc3)CC1)O2. The van der Waals surface area contributed by atoms with Gasteiger partial charge in [-0.1, -0.05) is 23.7 Å². The van der Waals surface area contributed by atoms with Crippen LogP contribution in [-0.2, 0) is 12.8 Å². The molecule has 0 aromatic heterocycles. The lowest BCUT2D eigenvalue weighted by atomic mass is 9.90. The number of likely N-dealkylation sites (tertiary alicyclic amines) is 1. The Morgan fingerprint density at radius 1 is 1.08 bits per heavy atom. The largest absolute Gasteiger partial charge is 0.508 e. The first-order chi connectivity index (χ1) is 12.2. The summed E-state index contributed by atoms with van der Waals surface area (Å²) in [7, 11) is 0.